The molecule has 0 radical (unpaired) electrons. The fraction of sp³-hybridized carbons (Fsp3) is 0.600. The molecule has 0 unspecified atom stereocenters. The minimum atomic E-state index is -3.66. The largest absolute Gasteiger partial charge is 0.495 e. The van der Waals surface area contributed by atoms with Crippen molar-refractivity contribution in [2.24, 2.45) is 17.8 Å². The molecule has 0 spiro atoms. The third-order valence-corrected chi connectivity index (χ3v) is 7.71. The van der Waals surface area contributed by atoms with E-state index in [-0.39, 0.29) is 16.6 Å². The van der Waals surface area contributed by atoms with Crippen molar-refractivity contribution < 1.29 is 27.5 Å². The van der Waals surface area contributed by atoms with E-state index < -0.39 is 22.5 Å². The lowest BCUT2D eigenvalue weighted by molar-refractivity contribution is -0.148. The van der Waals surface area contributed by atoms with Gasteiger partial charge in [-0.05, 0) is 55.2 Å². The maximum Gasteiger partial charge on any atom is 0.306 e. The molecule has 2 bridgehead atoms. The van der Waals surface area contributed by atoms with Gasteiger partial charge in [0.05, 0.1) is 17.7 Å². The van der Waals surface area contributed by atoms with E-state index in [1.807, 2.05) is 0 Å². The second kappa shape index (κ2) is 8.71. The number of carbonyl (C=O) groups excluding carboxylic acids is 2. The Kier molecular flexibility index (Phi) is 6.48. The lowest BCUT2D eigenvalue weighted by Gasteiger charge is -2.20. The molecule has 0 saturated heterocycles. The van der Waals surface area contributed by atoms with Gasteiger partial charge < -0.3 is 14.8 Å². The fourth-order valence-corrected chi connectivity index (χ4v) is 5.32. The number of nitrogens with one attached hydrogen (secondary N) is 1. The van der Waals surface area contributed by atoms with Crippen molar-refractivity contribution in [1.82, 2.24) is 4.31 Å². The Bertz CT molecular complexity index is 883. The average Bonchev–Trinajstić information content (AvgIpc) is 3.29. The zero-order valence-corrected chi connectivity index (χ0v) is 17.8. The van der Waals surface area contributed by atoms with Crippen LogP contribution in [0.25, 0.3) is 0 Å². The zero-order chi connectivity index (χ0) is 21.2. The molecule has 2 aliphatic carbocycles. The Labute approximate surface area is 171 Å². The van der Waals surface area contributed by atoms with Gasteiger partial charge in [-0.2, -0.15) is 0 Å². The maximum atomic E-state index is 12.3. The van der Waals surface area contributed by atoms with Crippen LogP contribution in [-0.4, -0.2) is 52.4 Å². The van der Waals surface area contributed by atoms with Gasteiger partial charge in [0.1, 0.15) is 5.75 Å². The van der Waals surface area contributed by atoms with Crippen LogP contribution in [0.4, 0.5) is 5.69 Å². The van der Waals surface area contributed by atoms with Gasteiger partial charge in [0.25, 0.3) is 5.91 Å². The van der Waals surface area contributed by atoms with Crippen molar-refractivity contribution in [2.45, 2.75) is 37.0 Å². The van der Waals surface area contributed by atoms with Crippen LogP contribution in [-0.2, 0) is 24.3 Å². The van der Waals surface area contributed by atoms with Crippen LogP contribution in [0.2, 0.25) is 0 Å². The minimum absolute atomic E-state index is 0.0203. The minimum Gasteiger partial charge on any atom is -0.495 e. The van der Waals surface area contributed by atoms with E-state index in [4.69, 9.17) is 9.47 Å². The Morgan fingerprint density at radius 3 is 2.55 bits per heavy atom. The molecule has 1 amide bonds. The van der Waals surface area contributed by atoms with Crippen LogP contribution in [0.15, 0.2) is 23.1 Å². The molecule has 1 aromatic rings. The molecule has 2 saturated carbocycles. The van der Waals surface area contributed by atoms with Crippen molar-refractivity contribution in [1.29, 1.82) is 0 Å². The van der Waals surface area contributed by atoms with Gasteiger partial charge >= 0.3 is 5.97 Å². The van der Waals surface area contributed by atoms with E-state index in [0.717, 1.165) is 16.6 Å². The number of sulfonamides is 1. The summed E-state index contributed by atoms with van der Waals surface area (Å²) in [5.74, 6) is 1.13. The van der Waals surface area contributed by atoms with Crippen LogP contribution in [0.1, 0.15) is 32.1 Å². The molecular formula is C20H28N2O6S. The van der Waals surface area contributed by atoms with E-state index >= 15 is 0 Å². The predicted molar refractivity (Wildman–Crippen MR) is 107 cm³/mol. The Balaban J connectivity index is 1.57. The maximum absolute atomic E-state index is 12.3. The van der Waals surface area contributed by atoms with Gasteiger partial charge in [-0.3, -0.25) is 9.59 Å². The summed E-state index contributed by atoms with van der Waals surface area (Å²) in [5.41, 5.74) is 0.199. The Hall–Kier alpha value is -2.13. The SMILES string of the molecule is COc1ccc(S(=O)(=O)N(C)C)cc1NC(=O)COC(=O)C[C@@H]1C[C@@H]2CC[C@@H]1C2. The zero-order valence-electron chi connectivity index (χ0n) is 17.0. The van der Waals surface area contributed by atoms with Gasteiger partial charge in [0.15, 0.2) is 6.61 Å². The van der Waals surface area contributed by atoms with Crippen LogP contribution in [0.5, 0.6) is 5.75 Å². The summed E-state index contributed by atoms with van der Waals surface area (Å²) >= 11 is 0. The second-order valence-electron chi connectivity index (χ2n) is 8.00. The summed E-state index contributed by atoms with van der Waals surface area (Å²) < 4.78 is 36.0. The summed E-state index contributed by atoms with van der Waals surface area (Å²) in [6.07, 6.45) is 5.10. The smallest absolute Gasteiger partial charge is 0.306 e. The molecule has 2 aliphatic rings. The highest BCUT2D eigenvalue weighted by Gasteiger charge is 2.40. The average molecular weight is 425 g/mol. The molecular weight excluding hydrogens is 396 g/mol. The lowest BCUT2D eigenvalue weighted by atomic mass is 9.86. The number of carbonyl (C=O) groups is 2. The molecule has 2 fully saturated rings. The molecule has 1 aromatic carbocycles. The normalized spacial score (nSPS) is 23.2. The first-order valence-electron chi connectivity index (χ1n) is 9.76. The quantitative estimate of drug-likeness (QED) is 0.642. The third-order valence-electron chi connectivity index (χ3n) is 5.90. The number of esters is 1. The highest BCUT2D eigenvalue weighted by molar-refractivity contribution is 7.89. The predicted octanol–water partition coefficient (Wildman–Crippen LogP) is 2.25. The van der Waals surface area contributed by atoms with E-state index in [1.165, 1.54) is 58.7 Å². The molecule has 29 heavy (non-hydrogen) atoms. The van der Waals surface area contributed by atoms with Gasteiger partial charge in [0.2, 0.25) is 10.0 Å². The third kappa shape index (κ3) is 4.90. The van der Waals surface area contributed by atoms with E-state index in [9.17, 15) is 18.0 Å². The lowest BCUT2D eigenvalue weighted by Crippen LogP contribution is -2.24. The summed E-state index contributed by atoms with van der Waals surface area (Å²) in [6.45, 7) is -0.423. The summed E-state index contributed by atoms with van der Waals surface area (Å²) in [4.78, 5) is 24.4. The Morgan fingerprint density at radius 1 is 1.21 bits per heavy atom. The standard InChI is InChI=1S/C20H28N2O6S/c1-22(2)29(25,26)16-6-7-18(27-3)17(11-16)21-19(23)12-28-20(24)10-15-9-13-4-5-14(15)8-13/h6-7,11,13-15H,4-5,8-10,12H2,1-3H3,(H,21,23)/t13-,14-,15+/m1/s1. The Morgan fingerprint density at radius 2 is 1.97 bits per heavy atom. The van der Waals surface area contributed by atoms with Gasteiger partial charge in [0, 0.05) is 20.5 Å². The van der Waals surface area contributed by atoms with Gasteiger partial charge in [-0.25, -0.2) is 12.7 Å². The number of anilines is 1. The van der Waals surface area contributed by atoms with Crippen molar-refractivity contribution >= 4 is 27.6 Å². The molecule has 9 heteroatoms. The van der Waals surface area contributed by atoms with Gasteiger partial charge in [-0.15, -0.1) is 0 Å². The molecule has 0 aromatic heterocycles. The molecule has 3 rings (SSSR count). The first-order valence-corrected chi connectivity index (χ1v) is 11.2. The number of hydrogen-bond acceptors (Lipinski definition) is 6. The van der Waals surface area contributed by atoms with E-state index in [0.29, 0.717) is 24.0 Å². The van der Waals surface area contributed by atoms with Crippen LogP contribution >= 0.6 is 0 Å². The molecule has 8 nitrogen and oxygen atoms in total. The summed E-state index contributed by atoms with van der Waals surface area (Å²) in [5, 5.41) is 2.56. The number of fused-ring (bicyclic) bond motifs is 2. The number of ether oxygens (including phenoxy) is 2. The highest BCUT2D eigenvalue weighted by Crippen LogP contribution is 2.49. The number of rotatable bonds is 8. The second-order valence-corrected chi connectivity index (χ2v) is 10.1. The van der Waals surface area contributed by atoms with Crippen molar-refractivity contribution in [3.05, 3.63) is 18.2 Å². The topological polar surface area (TPSA) is 102 Å². The first-order chi connectivity index (χ1) is 13.7. The van der Waals surface area contributed by atoms with Crippen LogP contribution < -0.4 is 10.1 Å². The van der Waals surface area contributed by atoms with Gasteiger partial charge in [-0.1, -0.05) is 6.42 Å². The molecule has 0 heterocycles. The summed E-state index contributed by atoms with van der Waals surface area (Å²) in [6, 6.07) is 4.19. The molecule has 160 valence electrons. The van der Waals surface area contributed by atoms with Crippen molar-refractivity contribution in [3.8, 4) is 5.75 Å². The number of nitrogens with zero attached hydrogens (tertiary/aromatic N) is 1. The van der Waals surface area contributed by atoms with Crippen molar-refractivity contribution in [2.75, 3.05) is 33.1 Å². The molecule has 0 aliphatic heterocycles. The van der Waals surface area contributed by atoms with Crippen LogP contribution in [0.3, 0.4) is 0 Å². The first kappa shape index (κ1) is 21.6. The number of amides is 1. The van der Waals surface area contributed by atoms with E-state index in [1.54, 1.807) is 0 Å². The summed E-state index contributed by atoms with van der Waals surface area (Å²) in [7, 11) is 0.603. The number of methoxy groups -OCH3 is 1. The number of hydrogen-bond donors (Lipinski definition) is 1. The number of benzene rings is 1. The fourth-order valence-electron chi connectivity index (χ4n) is 4.39. The van der Waals surface area contributed by atoms with E-state index in [2.05, 4.69) is 5.32 Å². The molecule has 1 N–H and O–H groups in total. The monoisotopic (exact) mass is 424 g/mol. The molecule has 3 atom stereocenters. The van der Waals surface area contributed by atoms with Crippen LogP contribution in [0, 0.1) is 17.8 Å². The van der Waals surface area contributed by atoms with Crippen molar-refractivity contribution in [3.63, 3.8) is 0 Å². The highest BCUT2D eigenvalue weighted by atomic mass is 32.2.